The van der Waals surface area contributed by atoms with Gasteiger partial charge >= 0.3 is 0 Å². The van der Waals surface area contributed by atoms with Gasteiger partial charge in [-0.15, -0.1) is 0 Å². The number of carbonyl (C=O) groups is 1. The molecule has 0 saturated carbocycles. The molecule has 1 heterocycles. The molecule has 0 radical (unpaired) electrons. The molecule has 3 N–H and O–H groups in total. The summed E-state index contributed by atoms with van der Waals surface area (Å²) < 4.78 is 0. The van der Waals surface area contributed by atoms with Crippen LogP contribution in [0.15, 0.2) is 48.7 Å². The lowest BCUT2D eigenvalue weighted by atomic mass is 10.1. The predicted molar refractivity (Wildman–Crippen MR) is 64.5 cm³/mol. The predicted octanol–water partition coefficient (Wildman–Crippen LogP) is 1.48. The largest absolute Gasteiger partial charge is 0.394 e. The van der Waals surface area contributed by atoms with Gasteiger partial charge in [0.05, 0.1) is 12.6 Å². The Hall–Kier alpha value is -2.07. The Morgan fingerprint density at radius 2 is 2.00 bits per heavy atom. The van der Waals surface area contributed by atoms with Crippen LogP contribution in [0.3, 0.4) is 0 Å². The third-order valence-corrected chi connectivity index (χ3v) is 2.53. The summed E-state index contributed by atoms with van der Waals surface area (Å²) in [6, 6.07) is 12.4. The number of aliphatic hydroxyl groups is 1. The van der Waals surface area contributed by atoms with E-state index < -0.39 is 0 Å². The molecule has 88 valence electrons. The first-order valence-corrected chi connectivity index (χ1v) is 5.41. The van der Waals surface area contributed by atoms with Crippen molar-refractivity contribution in [2.75, 3.05) is 6.61 Å². The van der Waals surface area contributed by atoms with Gasteiger partial charge in [0.2, 0.25) is 0 Å². The Morgan fingerprint density at radius 1 is 1.24 bits per heavy atom. The zero-order valence-corrected chi connectivity index (χ0v) is 9.26. The Kier molecular flexibility index (Phi) is 3.57. The van der Waals surface area contributed by atoms with E-state index in [4.69, 9.17) is 0 Å². The van der Waals surface area contributed by atoms with E-state index >= 15 is 0 Å². The van der Waals surface area contributed by atoms with Crippen LogP contribution in [-0.4, -0.2) is 22.6 Å². The zero-order valence-electron chi connectivity index (χ0n) is 9.26. The number of aromatic nitrogens is 1. The van der Waals surface area contributed by atoms with Gasteiger partial charge in [-0.1, -0.05) is 30.3 Å². The third-order valence-electron chi connectivity index (χ3n) is 2.53. The van der Waals surface area contributed by atoms with Crippen molar-refractivity contribution in [3.05, 3.63) is 59.9 Å². The zero-order chi connectivity index (χ0) is 12.1. The average molecular weight is 230 g/mol. The number of amides is 1. The van der Waals surface area contributed by atoms with Crippen LogP contribution in [0, 0.1) is 0 Å². The first kappa shape index (κ1) is 11.4. The maximum absolute atomic E-state index is 11.8. The lowest BCUT2D eigenvalue weighted by Crippen LogP contribution is -2.30. The number of carbonyl (C=O) groups excluding carboxylic acids is 1. The fraction of sp³-hybridized carbons (Fsp3) is 0.154. The van der Waals surface area contributed by atoms with Crippen LogP contribution in [0.25, 0.3) is 0 Å². The van der Waals surface area contributed by atoms with Gasteiger partial charge in [-0.05, 0) is 17.7 Å². The highest BCUT2D eigenvalue weighted by Crippen LogP contribution is 2.12. The van der Waals surface area contributed by atoms with Crippen molar-refractivity contribution in [3.63, 3.8) is 0 Å². The molecule has 0 aliphatic carbocycles. The van der Waals surface area contributed by atoms with Crippen molar-refractivity contribution >= 4 is 5.91 Å². The summed E-state index contributed by atoms with van der Waals surface area (Å²) in [6.07, 6.45) is 1.69. The minimum absolute atomic E-state index is 0.129. The molecule has 4 nitrogen and oxygen atoms in total. The first-order valence-electron chi connectivity index (χ1n) is 5.41. The molecule has 17 heavy (non-hydrogen) atoms. The van der Waals surface area contributed by atoms with Gasteiger partial charge in [-0.3, -0.25) is 4.79 Å². The molecule has 0 aliphatic heterocycles. The van der Waals surface area contributed by atoms with Crippen LogP contribution in [0.4, 0.5) is 0 Å². The standard InChI is InChI=1S/C13H14N2O2/c16-9-12(10-5-2-1-3-6-10)15-13(17)11-7-4-8-14-11/h1-8,12,14,16H,9H2,(H,15,17)/t12-/m0/s1. The number of H-pyrrole nitrogens is 1. The van der Waals surface area contributed by atoms with E-state index in [-0.39, 0.29) is 18.6 Å². The number of benzene rings is 1. The van der Waals surface area contributed by atoms with E-state index in [0.717, 1.165) is 5.56 Å². The lowest BCUT2D eigenvalue weighted by molar-refractivity contribution is 0.0912. The number of aromatic amines is 1. The third kappa shape index (κ3) is 2.73. The summed E-state index contributed by atoms with van der Waals surface area (Å²) in [7, 11) is 0. The van der Waals surface area contributed by atoms with Crippen molar-refractivity contribution in [2.45, 2.75) is 6.04 Å². The van der Waals surface area contributed by atoms with Gasteiger partial charge in [0.25, 0.3) is 5.91 Å². The Bertz CT molecular complexity index is 465. The second kappa shape index (κ2) is 5.32. The normalized spacial score (nSPS) is 12.1. The van der Waals surface area contributed by atoms with Gasteiger partial charge in [0.1, 0.15) is 5.69 Å². The van der Waals surface area contributed by atoms with Crippen molar-refractivity contribution < 1.29 is 9.90 Å². The average Bonchev–Trinajstić information content (AvgIpc) is 2.90. The van der Waals surface area contributed by atoms with Gasteiger partial charge in [-0.25, -0.2) is 0 Å². The Morgan fingerprint density at radius 3 is 2.59 bits per heavy atom. The van der Waals surface area contributed by atoms with Crippen molar-refractivity contribution in [1.82, 2.24) is 10.3 Å². The molecule has 0 fully saturated rings. The lowest BCUT2D eigenvalue weighted by Gasteiger charge is -2.16. The Labute approximate surface area is 99.3 Å². The molecule has 1 atom stereocenters. The molecule has 2 rings (SSSR count). The van der Waals surface area contributed by atoms with E-state index in [0.29, 0.717) is 5.69 Å². The van der Waals surface area contributed by atoms with Crippen molar-refractivity contribution in [3.8, 4) is 0 Å². The Balaban J connectivity index is 2.09. The summed E-state index contributed by atoms with van der Waals surface area (Å²) >= 11 is 0. The van der Waals surface area contributed by atoms with Gasteiger partial charge in [0.15, 0.2) is 0 Å². The number of aliphatic hydroxyl groups excluding tert-OH is 1. The van der Waals surface area contributed by atoms with E-state index in [1.54, 1.807) is 18.3 Å². The maximum atomic E-state index is 11.8. The molecule has 1 aromatic heterocycles. The van der Waals surface area contributed by atoms with Crippen LogP contribution in [0.2, 0.25) is 0 Å². The van der Waals surface area contributed by atoms with E-state index in [1.165, 1.54) is 0 Å². The number of nitrogens with one attached hydrogen (secondary N) is 2. The van der Waals surface area contributed by atoms with Crippen molar-refractivity contribution in [1.29, 1.82) is 0 Å². The molecule has 1 aromatic carbocycles. The fourth-order valence-electron chi connectivity index (χ4n) is 1.63. The smallest absolute Gasteiger partial charge is 0.268 e. The summed E-state index contributed by atoms with van der Waals surface area (Å²) in [5.74, 6) is -0.224. The van der Waals surface area contributed by atoms with Crippen LogP contribution in [0.1, 0.15) is 22.1 Å². The van der Waals surface area contributed by atoms with Crippen LogP contribution < -0.4 is 5.32 Å². The molecule has 2 aromatic rings. The summed E-state index contributed by atoms with van der Waals surface area (Å²) in [6.45, 7) is -0.129. The summed E-state index contributed by atoms with van der Waals surface area (Å²) in [5.41, 5.74) is 1.37. The summed E-state index contributed by atoms with van der Waals surface area (Å²) in [5, 5.41) is 12.1. The molecule has 0 aliphatic rings. The van der Waals surface area contributed by atoms with E-state index in [9.17, 15) is 9.90 Å². The quantitative estimate of drug-likeness (QED) is 0.744. The minimum Gasteiger partial charge on any atom is -0.394 e. The molecular weight excluding hydrogens is 216 g/mol. The molecule has 0 unspecified atom stereocenters. The molecule has 1 amide bonds. The highest BCUT2D eigenvalue weighted by molar-refractivity contribution is 5.92. The van der Waals surface area contributed by atoms with E-state index in [2.05, 4.69) is 10.3 Å². The number of hydrogen-bond donors (Lipinski definition) is 3. The van der Waals surface area contributed by atoms with Gasteiger partial charge in [-0.2, -0.15) is 0 Å². The SMILES string of the molecule is O=C(N[C@@H](CO)c1ccccc1)c1ccc[nH]1. The minimum atomic E-state index is -0.382. The fourth-order valence-corrected chi connectivity index (χ4v) is 1.63. The second-order valence-corrected chi connectivity index (χ2v) is 3.70. The van der Waals surface area contributed by atoms with Crippen LogP contribution in [0.5, 0.6) is 0 Å². The maximum Gasteiger partial charge on any atom is 0.268 e. The van der Waals surface area contributed by atoms with Gasteiger partial charge < -0.3 is 15.4 Å². The number of rotatable bonds is 4. The van der Waals surface area contributed by atoms with Gasteiger partial charge in [0, 0.05) is 6.20 Å². The van der Waals surface area contributed by atoms with Crippen LogP contribution in [-0.2, 0) is 0 Å². The van der Waals surface area contributed by atoms with Crippen molar-refractivity contribution in [2.24, 2.45) is 0 Å². The highest BCUT2D eigenvalue weighted by Gasteiger charge is 2.14. The first-order chi connectivity index (χ1) is 8.31. The molecule has 4 heteroatoms. The number of hydrogen-bond acceptors (Lipinski definition) is 2. The van der Waals surface area contributed by atoms with E-state index in [1.807, 2.05) is 30.3 Å². The molecule has 0 saturated heterocycles. The monoisotopic (exact) mass is 230 g/mol. The summed E-state index contributed by atoms with van der Waals surface area (Å²) in [4.78, 5) is 14.6. The molecule has 0 bridgehead atoms. The topological polar surface area (TPSA) is 65.1 Å². The second-order valence-electron chi connectivity index (χ2n) is 3.70. The molecular formula is C13H14N2O2. The van der Waals surface area contributed by atoms with Crippen LogP contribution >= 0.6 is 0 Å². The molecule has 0 spiro atoms. The highest BCUT2D eigenvalue weighted by atomic mass is 16.3.